The van der Waals surface area contributed by atoms with Crippen LogP contribution in [0.4, 0.5) is 5.69 Å². The molecule has 0 spiro atoms. The Morgan fingerprint density at radius 3 is 2.12 bits per heavy atom. The minimum absolute atomic E-state index is 0.527. The van der Waals surface area contributed by atoms with Crippen LogP contribution in [0.2, 0.25) is 0 Å². The number of nitrogens with zero attached hydrogens (tertiary/aromatic N) is 1. The number of rotatable bonds is 8. The first-order valence-electron chi connectivity index (χ1n) is 11.6. The van der Waals surface area contributed by atoms with E-state index in [0.717, 1.165) is 43.6 Å². The van der Waals surface area contributed by atoms with E-state index < -0.39 is 0 Å². The van der Waals surface area contributed by atoms with Gasteiger partial charge in [0, 0.05) is 18.3 Å². The minimum Gasteiger partial charge on any atom is -0.493 e. The van der Waals surface area contributed by atoms with E-state index in [0.29, 0.717) is 23.3 Å². The normalized spacial score (nSPS) is 14.0. The Labute approximate surface area is 198 Å². The molecule has 6 heteroatoms. The van der Waals surface area contributed by atoms with Crippen molar-refractivity contribution < 1.29 is 14.2 Å². The largest absolute Gasteiger partial charge is 0.493 e. The van der Waals surface area contributed by atoms with Gasteiger partial charge in [-0.15, -0.1) is 0 Å². The molecule has 0 radical (unpaired) electrons. The zero-order valence-corrected chi connectivity index (χ0v) is 20.1. The molecule has 1 N–H and O–H groups in total. The van der Waals surface area contributed by atoms with Crippen LogP contribution in [0, 0.1) is 0 Å². The number of nitrogens with one attached hydrogen (secondary N) is 1. The van der Waals surface area contributed by atoms with Gasteiger partial charge in [0.05, 0.1) is 21.3 Å². The molecule has 1 aliphatic rings. The predicted molar refractivity (Wildman–Crippen MR) is 138 cm³/mol. The molecule has 1 heterocycles. The second kappa shape index (κ2) is 10.7. The van der Waals surface area contributed by atoms with Gasteiger partial charge in [-0.1, -0.05) is 35.8 Å². The molecular weight excluding hydrogens is 411 g/mol. The fourth-order valence-electron chi connectivity index (χ4n) is 4.58. The van der Waals surface area contributed by atoms with Gasteiger partial charge in [-0.3, -0.25) is 0 Å². The Morgan fingerprint density at radius 2 is 1.52 bits per heavy atom. The summed E-state index contributed by atoms with van der Waals surface area (Å²) in [6.45, 7) is 3.00. The van der Waals surface area contributed by atoms with Gasteiger partial charge in [-0.2, -0.15) is 0 Å². The number of anilines is 1. The number of methoxy groups -OCH3 is 3. The SMILES string of the molecule is Bc1ccc(N(Cc2cccc(-c3cc(OC)c(OC)c(OC)c3)c2)C2CCNCC2)cc1. The van der Waals surface area contributed by atoms with Crippen molar-refractivity contribution in [1.82, 2.24) is 5.32 Å². The maximum atomic E-state index is 5.56. The van der Waals surface area contributed by atoms with Crippen LogP contribution in [0.25, 0.3) is 11.1 Å². The maximum absolute atomic E-state index is 5.56. The Balaban J connectivity index is 1.66. The van der Waals surface area contributed by atoms with Crippen LogP contribution in [0.15, 0.2) is 60.7 Å². The first-order chi connectivity index (χ1) is 16.1. The molecule has 172 valence electrons. The fourth-order valence-corrected chi connectivity index (χ4v) is 4.58. The molecule has 1 aliphatic heterocycles. The zero-order chi connectivity index (χ0) is 23.2. The van der Waals surface area contributed by atoms with Gasteiger partial charge in [0.1, 0.15) is 7.85 Å². The maximum Gasteiger partial charge on any atom is 0.203 e. The van der Waals surface area contributed by atoms with Crippen LogP contribution < -0.4 is 29.9 Å². The van der Waals surface area contributed by atoms with Crippen molar-refractivity contribution in [2.45, 2.75) is 25.4 Å². The molecule has 0 unspecified atom stereocenters. The summed E-state index contributed by atoms with van der Waals surface area (Å²) < 4.78 is 16.6. The van der Waals surface area contributed by atoms with E-state index in [9.17, 15) is 0 Å². The van der Waals surface area contributed by atoms with Crippen LogP contribution in [-0.2, 0) is 6.54 Å². The molecule has 0 amide bonds. The van der Waals surface area contributed by atoms with Crippen LogP contribution in [0.1, 0.15) is 18.4 Å². The Kier molecular flexibility index (Phi) is 7.45. The molecule has 0 saturated carbocycles. The van der Waals surface area contributed by atoms with E-state index in [1.165, 1.54) is 16.7 Å². The molecule has 4 rings (SSSR count). The highest BCUT2D eigenvalue weighted by molar-refractivity contribution is 6.32. The van der Waals surface area contributed by atoms with Crippen molar-refractivity contribution in [3.05, 3.63) is 66.2 Å². The molecule has 0 atom stereocenters. The van der Waals surface area contributed by atoms with Gasteiger partial charge in [-0.05, 0) is 73.0 Å². The average molecular weight is 444 g/mol. The molecule has 33 heavy (non-hydrogen) atoms. The summed E-state index contributed by atoms with van der Waals surface area (Å²) in [4.78, 5) is 2.56. The van der Waals surface area contributed by atoms with Crippen molar-refractivity contribution in [1.29, 1.82) is 0 Å². The standard InChI is InChI=1S/C27H33BN2O3/c1-31-25-16-21(17-26(32-2)27(25)33-3)20-6-4-5-19(15-20)18-30(24-11-13-29-14-12-24)23-9-7-22(28)8-10-23/h4-10,15-17,24,29H,11-14,18,28H2,1-3H3. The first kappa shape index (κ1) is 23.1. The number of benzene rings is 3. The average Bonchev–Trinajstić information content (AvgIpc) is 2.87. The predicted octanol–water partition coefficient (Wildman–Crippen LogP) is 3.40. The van der Waals surface area contributed by atoms with E-state index in [4.69, 9.17) is 14.2 Å². The molecule has 0 aromatic heterocycles. The molecule has 3 aromatic rings. The highest BCUT2D eigenvalue weighted by atomic mass is 16.5. The third kappa shape index (κ3) is 5.28. The van der Waals surface area contributed by atoms with E-state index in [1.807, 2.05) is 12.1 Å². The van der Waals surface area contributed by atoms with E-state index >= 15 is 0 Å². The van der Waals surface area contributed by atoms with Gasteiger partial charge in [-0.25, -0.2) is 0 Å². The molecule has 0 bridgehead atoms. The Bertz CT molecular complexity index is 1040. The van der Waals surface area contributed by atoms with E-state index in [1.54, 1.807) is 21.3 Å². The minimum atomic E-state index is 0.527. The van der Waals surface area contributed by atoms with Crippen molar-refractivity contribution in [3.8, 4) is 28.4 Å². The van der Waals surface area contributed by atoms with Crippen molar-refractivity contribution >= 4 is 19.0 Å². The third-order valence-electron chi connectivity index (χ3n) is 6.39. The molecular formula is C27H33BN2O3. The van der Waals surface area contributed by atoms with E-state index in [-0.39, 0.29) is 0 Å². The van der Waals surface area contributed by atoms with Gasteiger partial charge in [0.2, 0.25) is 5.75 Å². The lowest BCUT2D eigenvalue weighted by Crippen LogP contribution is -2.43. The monoisotopic (exact) mass is 444 g/mol. The van der Waals surface area contributed by atoms with Crippen molar-refractivity contribution in [2.75, 3.05) is 39.3 Å². The summed E-state index contributed by atoms with van der Waals surface area (Å²) in [6.07, 6.45) is 2.31. The lowest BCUT2D eigenvalue weighted by Gasteiger charge is -2.36. The van der Waals surface area contributed by atoms with Crippen molar-refractivity contribution in [2.24, 2.45) is 0 Å². The highest BCUT2D eigenvalue weighted by Crippen LogP contribution is 2.41. The molecule has 3 aromatic carbocycles. The van der Waals surface area contributed by atoms with Gasteiger partial charge in [0.15, 0.2) is 11.5 Å². The summed E-state index contributed by atoms with van der Waals surface area (Å²) in [5, 5.41) is 3.49. The first-order valence-corrected chi connectivity index (χ1v) is 11.6. The summed E-state index contributed by atoms with van der Waals surface area (Å²) in [5.41, 5.74) is 6.01. The second-order valence-corrected chi connectivity index (χ2v) is 8.56. The summed E-state index contributed by atoms with van der Waals surface area (Å²) in [7, 11) is 7.06. The molecule has 1 fully saturated rings. The molecule has 0 aliphatic carbocycles. The molecule has 5 nitrogen and oxygen atoms in total. The lowest BCUT2D eigenvalue weighted by molar-refractivity contribution is 0.324. The fraction of sp³-hybridized carbons (Fsp3) is 0.333. The van der Waals surface area contributed by atoms with Crippen LogP contribution >= 0.6 is 0 Å². The Hall–Kier alpha value is -3.12. The smallest absolute Gasteiger partial charge is 0.203 e. The quantitative estimate of drug-likeness (QED) is 0.540. The van der Waals surface area contributed by atoms with Crippen LogP contribution in [-0.4, -0.2) is 48.3 Å². The third-order valence-corrected chi connectivity index (χ3v) is 6.39. The summed E-state index contributed by atoms with van der Waals surface area (Å²) in [6, 6.07) is 22.2. The number of hydrogen-bond donors (Lipinski definition) is 1. The van der Waals surface area contributed by atoms with Gasteiger partial charge < -0.3 is 24.4 Å². The highest BCUT2D eigenvalue weighted by Gasteiger charge is 2.22. The molecule has 1 saturated heterocycles. The van der Waals surface area contributed by atoms with Gasteiger partial charge >= 0.3 is 0 Å². The van der Waals surface area contributed by atoms with Gasteiger partial charge in [0.25, 0.3) is 0 Å². The second-order valence-electron chi connectivity index (χ2n) is 8.56. The number of hydrogen-bond acceptors (Lipinski definition) is 5. The van der Waals surface area contributed by atoms with Crippen molar-refractivity contribution in [3.63, 3.8) is 0 Å². The van der Waals surface area contributed by atoms with E-state index in [2.05, 4.69) is 66.6 Å². The van der Waals surface area contributed by atoms with Crippen LogP contribution in [0.5, 0.6) is 17.2 Å². The Morgan fingerprint density at radius 1 is 0.848 bits per heavy atom. The van der Waals surface area contributed by atoms with Crippen LogP contribution in [0.3, 0.4) is 0 Å². The lowest BCUT2D eigenvalue weighted by atomic mass is 9.95. The summed E-state index contributed by atoms with van der Waals surface area (Å²) >= 11 is 0. The topological polar surface area (TPSA) is 43.0 Å². The number of piperidine rings is 1. The summed E-state index contributed by atoms with van der Waals surface area (Å²) in [5.74, 6) is 1.93. The number of ether oxygens (including phenoxy) is 3. The zero-order valence-electron chi connectivity index (χ0n) is 20.1.